The lowest BCUT2D eigenvalue weighted by atomic mass is 10.1. The Morgan fingerprint density at radius 2 is 1.97 bits per heavy atom. The van der Waals surface area contributed by atoms with Crippen molar-refractivity contribution in [3.63, 3.8) is 0 Å². The molecule has 1 atom stereocenters. The zero-order valence-corrected chi connectivity index (χ0v) is 21.4. The minimum Gasteiger partial charge on any atom is -0.487 e. The van der Waals surface area contributed by atoms with E-state index in [4.69, 9.17) is 16.3 Å². The standard InChI is InChI=1S/C22H26ClNO2S.2C2H6/c1-3-17(10-9-16(2)26-20-7-5-4-6-8-20)14-24-22(25)21-13-19(23)12-11-18(21)15-27;2*1-2/h3,5,7-13,16,27H,4,6,14-15H2,1-2H3,(H,24,25);2*1-2H3/b10-9-,17-3+;;. The summed E-state index contributed by atoms with van der Waals surface area (Å²) in [5, 5.41) is 3.48. The van der Waals surface area contributed by atoms with Crippen LogP contribution in [0.1, 0.15) is 70.3 Å². The molecule has 0 heterocycles. The van der Waals surface area contributed by atoms with Crippen LogP contribution in [-0.4, -0.2) is 18.6 Å². The molecule has 1 aromatic rings. The monoisotopic (exact) mass is 463 g/mol. The first kappa shape index (κ1) is 29.1. The van der Waals surface area contributed by atoms with E-state index in [1.165, 1.54) is 0 Å². The Bertz CT molecular complexity index is 782. The van der Waals surface area contributed by atoms with Crippen LogP contribution in [0.3, 0.4) is 0 Å². The maximum atomic E-state index is 12.5. The molecule has 1 aliphatic carbocycles. The number of thiol groups is 1. The molecule has 0 aromatic heterocycles. The maximum absolute atomic E-state index is 12.5. The van der Waals surface area contributed by atoms with E-state index in [1.54, 1.807) is 12.1 Å². The molecule has 3 nitrogen and oxygen atoms in total. The Morgan fingerprint density at radius 1 is 1.26 bits per heavy atom. The molecule has 0 bridgehead atoms. The molecule has 1 unspecified atom stereocenters. The van der Waals surface area contributed by atoms with Gasteiger partial charge in [0.05, 0.1) is 0 Å². The van der Waals surface area contributed by atoms with Gasteiger partial charge in [0.25, 0.3) is 5.91 Å². The van der Waals surface area contributed by atoms with Gasteiger partial charge in [0.1, 0.15) is 11.9 Å². The van der Waals surface area contributed by atoms with Crippen LogP contribution in [0.25, 0.3) is 0 Å². The van der Waals surface area contributed by atoms with Crippen molar-refractivity contribution in [3.8, 4) is 0 Å². The summed E-state index contributed by atoms with van der Waals surface area (Å²) in [5.41, 5.74) is 2.42. The number of carbonyl (C=O) groups is 1. The van der Waals surface area contributed by atoms with Crippen molar-refractivity contribution in [1.82, 2.24) is 5.32 Å². The maximum Gasteiger partial charge on any atom is 0.251 e. The number of halogens is 1. The number of hydrogen-bond donors (Lipinski definition) is 2. The lowest BCUT2D eigenvalue weighted by Crippen LogP contribution is -2.26. The molecule has 0 saturated carbocycles. The summed E-state index contributed by atoms with van der Waals surface area (Å²) in [5.74, 6) is 1.24. The number of allylic oxidation sites excluding steroid dienone is 4. The zero-order chi connectivity index (χ0) is 23.6. The third-order valence-corrected chi connectivity index (χ3v) is 4.75. The molecule has 2 rings (SSSR count). The summed E-state index contributed by atoms with van der Waals surface area (Å²) in [6, 6.07) is 5.27. The van der Waals surface area contributed by atoms with E-state index in [2.05, 4.69) is 30.1 Å². The highest BCUT2D eigenvalue weighted by Gasteiger charge is 2.11. The van der Waals surface area contributed by atoms with Gasteiger partial charge in [-0.3, -0.25) is 4.79 Å². The number of carbonyl (C=O) groups excluding carboxylic acids is 1. The molecule has 5 heteroatoms. The van der Waals surface area contributed by atoms with Gasteiger partial charge < -0.3 is 10.1 Å². The molecule has 1 aliphatic rings. The van der Waals surface area contributed by atoms with E-state index in [0.717, 1.165) is 29.7 Å². The van der Waals surface area contributed by atoms with Crippen molar-refractivity contribution in [2.75, 3.05) is 6.54 Å². The Morgan fingerprint density at radius 3 is 2.55 bits per heavy atom. The average Bonchev–Trinajstić information content (AvgIpc) is 2.82. The molecule has 0 radical (unpaired) electrons. The van der Waals surface area contributed by atoms with Crippen LogP contribution in [0.4, 0.5) is 0 Å². The van der Waals surface area contributed by atoms with Crippen molar-refractivity contribution in [3.05, 3.63) is 82.1 Å². The smallest absolute Gasteiger partial charge is 0.251 e. The highest BCUT2D eigenvalue weighted by atomic mass is 35.5. The number of benzene rings is 1. The van der Waals surface area contributed by atoms with E-state index >= 15 is 0 Å². The Kier molecular flexibility index (Phi) is 16.6. The van der Waals surface area contributed by atoms with Gasteiger partial charge in [0.15, 0.2) is 0 Å². The van der Waals surface area contributed by atoms with Crippen molar-refractivity contribution in [2.45, 2.75) is 66.2 Å². The van der Waals surface area contributed by atoms with Crippen LogP contribution >= 0.6 is 24.2 Å². The van der Waals surface area contributed by atoms with Crippen molar-refractivity contribution < 1.29 is 9.53 Å². The highest BCUT2D eigenvalue weighted by Crippen LogP contribution is 2.18. The summed E-state index contributed by atoms with van der Waals surface area (Å²) in [6.45, 7) is 12.4. The van der Waals surface area contributed by atoms with E-state index in [-0.39, 0.29) is 12.0 Å². The Balaban J connectivity index is 0.00000212. The zero-order valence-electron chi connectivity index (χ0n) is 19.7. The molecule has 31 heavy (non-hydrogen) atoms. The molecular weight excluding hydrogens is 426 g/mol. The summed E-state index contributed by atoms with van der Waals surface area (Å²) >= 11 is 10.3. The predicted octanol–water partition coefficient (Wildman–Crippen LogP) is 7.69. The van der Waals surface area contributed by atoms with Crippen LogP contribution in [0.15, 0.2) is 66.0 Å². The molecule has 1 N–H and O–H groups in total. The van der Waals surface area contributed by atoms with Gasteiger partial charge in [0.2, 0.25) is 0 Å². The van der Waals surface area contributed by atoms with Crippen molar-refractivity contribution >= 4 is 30.1 Å². The molecule has 0 fully saturated rings. The first-order chi connectivity index (χ1) is 15.0. The van der Waals surface area contributed by atoms with Crippen LogP contribution in [0.5, 0.6) is 0 Å². The quantitative estimate of drug-likeness (QED) is 0.306. The third kappa shape index (κ3) is 11.3. The van der Waals surface area contributed by atoms with E-state index in [1.807, 2.05) is 71.9 Å². The van der Waals surface area contributed by atoms with Crippen LogP contribution in [0, 0.1) is 0 Å². The number of rotatable bonds is 8. The molecular formula is C26H38ClNO2S. The fraction of sp³-hybridized carbons (Fsp3) is 0.423. The average molecular weight is 464 g/mol. The minimum absolute atomic E-state index is 0.0478. The van der Waals surface area contributed by atoms with Gasteiger partial charge in [-0.1, -0.05) is 63.6 Å². The first-order valence-corrected chi connectivity index (χ1v) is 12.1. The van der Waals surface area contributed by atoms with Crippen LogP contribution in [-0.2, 0) is 10.5 Å². The molecule has 0 aliphatic heterocycles. The SMILES string of the molecule is C/C=C(\C=C/C(C)OC1=CCCC=C1)CNC(=O)c1cc(Cl)ccc1CS.CC.CC. The number of ether oxygens (including phenoxy) is 1. The predicted molar refractivity (Wildman–Crippen MR) is 139 cm³/mol. The van der Waals surface area contributed by atoms with Gasteiger partial charge >= 0.3 is 0 Å². The number of hydrogen-bond acceptors (Lipinski definition) is 3. The second kappa shape index (κ2) is 17.7. The van der Waals surface area contributed by atoms with Crippen molar-refractivity contribution in [1.29, 1.82) is 0 Å². The van der Waals surface area contributed by atoms with Gasteiger partial charge in [-0.25, -0.2) is 0 Å². The molecule has 0 spiro atoms. The Hall–Kier alpha value is -1.91. The fourth-order valence-corrected chi connectivity index (χ4v) is 3.07. The third-order valence-electron chi connectivity index (χ3n) is 4.18. The first-order valence-electron chi connectivity index (χ1n) is 11.1. The molecule has 1 amide bonds. The van der Waals surface area contributed by atoms with Crippen molar-refractivity contribution in [2.24, 2.45) is 0 Å². The summed E-state index contributed by atoms with van der Waals surface area (Å²) < 4.78 is 5.87. The van der Waals surface area contributed by atoms with Gasteiger partial charge in [-0.05, 0) is 68.2 Å². The van der Waals surface area contributed by atoms with Gasteiger partial charge in [-0.2, -0.15) is 12.6 Å². The molecule has 0 saturated heterocycles. The van der Waals surface area contributed by atoms with Gasteiger partial charge in [-0.15, -0.1) is 0 Å². The fourth-order valence-electron chi connectivity index (χ4n) is 2.62. The summed E-state index contributed by atoms with van der Waals surface area (Å²) in [4.78, 5) is 12.5. The van der Waals surface area contributed by atoms with E-state index < -0.39 is 0 Å². The Labute approximate surface area is 199 Å². The number of nitrogens with one attached hydrogen (secondary N) is 1. The topological polar surface area (TPSA) is 38.3 Å². The highest BCUT2D eigenvalue weighted by molar-refractivity contribution is 7.79. The van der Waals surface area contributed by atoms with Crippen LogP contribution < -0.4 is 5.32 Å². The normalized spacial score (nSPS) is 13.9. The largest absolute Gasteiger partial charge is 0.487 e. The number of amides is 1. The van der Waals surface area contributed by atoms with Gasteiger partial charge in [0, 0.05) is 22.9 Å². The van der Waals surface area contributed by atoms with E-state index in [9.17, 15) is 4.79 Å². The van der Waals surface area contributed by atoms with E-state index in [0.29, 0.717) is 22.9 Å². The molecule has 172 valence electrons. The second-order valence-electron chi connectivity index (χ2n) is 6.27. The second-order valence-corrected chi connectivity index (χ2v) is 7.03. The minimum atomic E-state index is -0.156. The lowest BCUT2D eigenvalue weighted by molar-refractivity contribution is 0.0956. The lowest BCUT2D eigenvalue weighted by Gasteiger charge is -2.14. The van der Waals surface area contributed by atoms with Crippen LogP contribution in [0.2, 0.25) is 5.02 Å². The molecule has 1 aromatic carbocycles. The summed E-state index contributed by atoms with van der Waals surface area (Å²) in [7, 11) is 0. The summed E-state index contributed by atoms with van der Waals surface area (Å²) in [6.07, 6.45) is 14.2.